The molecule has 0 aliphatic carbocycles. The zero-order valence-electron chi connectivity index (χ0n) is 34.6. The minimum atomic E-state index is 1.07. The van der Waals surface area contributed by atoms with Crippen LogP contribution in [-0.2, 0) is 0 Å². The fraction of sp³-hybridized carbons (Fsp3) is 0.0667. The Balaban J connectivity index is 0.00000111. The van der Waals surface area contributed by atoms with Gasteiger partial charge in [0.05, 0.1) is 0 Å². The maximum absolute atomic E-state index is 4.16. The summed E-state index contributed by atoms with van der Waals surface area (Å²) in [5.74, 6) is 0. The van der Waals surface area contributed by atoms with Crippen LogP contribution in [0.4, 0.5) is 0 Å². The lowest BCUT2D eigenvalue weighted by atomic mass is 9.81. The van der Waals surface area contributed by atoms with E-state index < -0.39 is 0 Å². The van der Waals surface area contributed by atoms with E-state index in [2.05, 4.69) is 198 Å². The van der Waals surface area contributed by atoms with Gasteiger partial charge < -0.3 is 0 Å². The molecule has 0 saturated carbocycles. The van der Waals surface area contributed by atoms with E-state index in [4.69, 9.17) is 0 Å². The van der Waals surface area contributed by atoms with Crippen molar-refractivity contribution in [3.63, 3.8) is 0 Å². The number of rotatable bonds is 9. The molecular formula is C60H48. The summed E-state index contributed by atoms with van der Waals surface area (Å²) < 4.78 is 0. The molecule has 0 aromatic heterocycles. The van der Waals surface area contributed by atoms with Crippen molar-refractivity contribution in [2.24, 2.45) is 0 Å². The van der Waals surface area contributed by atoms with Crippen LogP contribution in [0, 0.1) is 0 Å². The number of fused-ring (bicyclic) bond motifs is 2. The summed E-state index contributed by atoms with van der Waals surface area (Å²) in [6.45, 7) is 20.8. The maximum atomic E-state index is 4.16. The first kappa shape index (κ1) is 38.2. The van der Waals surface area contributed by atoms with Gasteiger partial charge in [0.25, 0.3) is 0 Å². The first-order valence-electron chi connectivity index (χ1n) is 21.0. The molecule has 10 aromatic rings. The van der Waals surface area contributed by atoms with Crippen LogP contribution < -0.4 is 0 Å². The van der Waals surface area contributed by atoms with Crippen LogP contribution in [0.15, 0.2) is 184 Å². The molecule has 0 atom stereocenters. The van der Waals surface area contributed by atoms with E-state index in [1.807, 2.05) is 24.3 Å². The second kappa shape index (κ2) is 16.2. The summed E-state index contributed by atoms with van der Waals surface area (Å²) in [5.41, 5.74) is 13.8. The average Bonchev–Trinajstić information content (AvgIpc) is 3.32. The number of unbranched alkanes of at least 4 members (excludes halogenated alkanes) is 1. The Morgan fingerprint density at radius 2 is 0.633 bits per heavy atom. The zero-order chi connectivity index (χ0) is 41.3. The molecule has 60 heavy (non-hydrogen) atoms. The average molecular weight is 769 g/mol. The van der Waals surface area contributed by atoms with Gasteiger partial charge in [-0.1, -0.05) is 199 Å². The van der Waals surface area contributed by atoms with Gasteiger partial charge in [-0.3, -0.25) is 0 Å². The molecule has 10 aromatic carbocycles. The summed E-state index contributed by atoms with van der Waals surface area (Å²) in [7, 11) is 0. The second-order valence-electron chi connectivity index (χ2n) is 15.6. The van der Waals surface area contributed by atoms with Crippen molar-refractivity contribution in [1.82, 2.24) is 0 Å². The highest BCUT2D eigenvalue weighted by atomic mass is 14.2. The Labute approximate surface area is 354 Å². The predicted octanol–water partition coefficient (Wildman–Crippen LogP) is 17.9. The third-order valence-electron chi connectivity index (χ3n) is 12.2. The van der Waals surface area contributed by atoms with Crippen LogP contribution in [-0.4, -0.2) is 0 Å². The Hall–Kier alpha value is -7.28. The second-order valence-corrected chi connectivity index (χ2v) is 15.6. The van der Waals surface area contributed by atoms with E-state index in [-0.39, 0.29) is 0 Å². The quantitative estimate of drug-likeness (QED) is 0.128. The summed E-state index contributed by atoms with van der Waals surface area (Å²) >= 11 is 0. The summed E-state index contributed by atoms with van der Waals surface area (Å²) in [4.78, 5) is 0. The lowest BCUT2D eigenvalue weighted by Gasteiger charge is -2.22. The van der Waals surface area contributed by atoms with Gasteiger partial charge in [0.15, 0.2) is 0 Å². The molecule has 0 fully saturated rings. The molecule has 0 saturated heterocycles. The molecule has 0 radical (unpaired) electrons. The normalized spacial score (nSPS) is 11.2. The highest BCUT2D eigenvalue weighted by Crippen LogP contribution is 2.49. The minimum absolute atomic E-state index is 1.07. The Kier molecular flexibility index (Phi) is 10.3. The van der Waals surface area contributed by atoms with Crippen molar-refractivity contribution < 1.29 is 0 Å². The van der Waals surface area contributed by atoms with Gasteiger partial charge in [-0.15, -0.1) is 0 Å². The van der Waals surface area contributed by atoms with Gasteiger partial charge in [0.2, 0.25) is 0 Å². The first-order valence-corrected chi connectivity index (χ1v) is 21.0. The van der Waals surface area contributed by atoms with Crippen molar-refractivity contribution in [2.75, 3.05) is 0 Å². The molecule has 0 aliphatic rings. The van der Waals surface area contributed by atoms with Crippen LogP contribution in [0.3, 0.4) is 0 Å². The number of hydrogen-bond acceptors (Lipinski definition) is 0. The zero-order valence-corrected chi connectivity index (χ0v) is 34.6. The molecule has 0 N–H and O–H groups in total. The van der Waals surface area contributed by atoms with Crippen molar-refractivity contribution in [2.45, 2.75) is 26.7 Å². The topological polar surface area (TPSA) is 0 Å². The fourth-order valence-electron chi connectivity index (χ4n) is 8.87. The molecule has 0 spiro atoms. The van der Waals surface area contributed by atoms with Gasteiger partial charge in [0.1, 0.15) is 0 Å². The van der Waals surface area contributed by atoms with Crippen LogP contribution in [0.25, 0.3) is 123 Å². The van der Waals surface area contributed by atoms with Gasteiger partial charge in [-0.05, 0) is 157 Å². The van der Waals surface area contributed by atoms with Gasteiger partial charge >= 0.3 is 0 Å². The predicted molar refractivity (Wildman–Crippen MR) is 268 cm³/mol. The molecule has 0 bridgehead atoms. The minimum Gasteiger partial charge on any atom is -0.0984 e. The van der Waals surface area contributed by atoms with Crippen LogP contribution >= 0.6 is 0 Å². The highest BCUT2D eigenvalue weighted by Gasteiger charge is 2.22. The van der Waals surface area contributed by atoms with Crippen molar-refractivity contribution in [3.05, 3.63) is 206 Å². The van der Waals surface area contributed by atoms with Crippen molar-refractivity contribution >= 4 is 78.2 Å². The standard InChI is InChI=1S/C56H38.C4H10/c1-5-35-17-21-43(29-37(35)7-3)51-33-53(45-23-19-39-13-9-11-15-41(39)31-45)49-27-28-50-54(46-24-20-40-14-10-12-16-42(40)32-46)34-52(48-26-25-47(51)55(49)56(48)50)44-22-18-36(6-2)38(8-4)30-44;1-3-4-2/h5-34H,1-4H2;3-4H2,1-2H3. The summed E-state index contributed by atoms with van der Waals surface area (Å²) in [6.07, 6.45) is 10.3. The van der Waals surface area contributed by atoms with Crippen LogP contribution in [0.1, 0.15) is 48.9 Å². The number of benzene rings is 10. The summed E-state index contributed by atoms with van der Waals surface area (Å²) in [6, 6.07) is 58.4. The van der Waals surface area contributed by atoms with Crippen LogP contribution in [0.2, 0.25) is 0 Å². The Morgan fingerprint density at radius 1 is 0.317 bits per heavy atom. The monoisotopic (exact) mass is 768 g/mol. The van der Waals surface area contributed by atoms with E-state index in [0.29, 0.717) is 0 Å². The molecule has 0 heteroatoms. The molecule has 288 valence electrons. The molecule has 0 amide bonds. The summed E-state index contributed by atoms with van der Waals surface area (Å²) in [5, 5.41) is 12.4. The first-order chi connectivity index (χ1) is 29.5. The van der Waals surface area contributed by atoms with E-state index >= 15 is 0 Å². The molecular weight excluding hydrogens is 721 g/mol. The molecule has 0 nitrogen and oxygen atoms in total. The molecule has 0 unspecified atom stereocenters. The Morgan fingerprint density at radius 3 is 0.967 bits per heavy atom. The Bertz CT molecular complexity index is 3080. The fourth-order valence-corrected chi connectivity index (χ4v) is 8.87. The number of hydrogen-bond donors (Lipinski definition) is 0. The third kappa shape index (κ3) is 6.61. The largest absolute Gasteiger partial charge is 0.0984 e. The van der Waals surface area contributed by atoms with E-state index in [9.17, 15) is 0 Å². The molecule has 10 rings (SSSR count). The highest BCUT2D eigenvalue weighted by molar-refractivity contribution is 6.32. The van der Waals surface area contributed by atoms with E-state index in [1.54, 1.807) is 0 Å². The van der Waals surface area contributed by atoms with Crippen LogP contribution in [0.5, 0.6) is 0 Å². The maximum Gasteiger partial charge on any atom is -0.00139 e. The SMILES string of the molecule is C=Cc1ccc(-c2cc(-c3ccc4ccccc4c3)c3ccc4c(-c5ccc6ccccc6c5)cc(-c5ccc(C=C)c(C=C)c5)c5ccc2c3c54)cc1C=C.CCCC. The van der Waals surface area contributed by atoms with Gasteiger partial charge in [0, 0.05) is 0 Å². The molecule has 0 aliphatic heterocycles. The van der Waals surface area contributed by atoms with Crippen molar-refractivity contribution in [1.29, 1.82) is 0 Å². The van der Waals surface area contributed by atoms with E-state index in [1.165, 1.54) is 100 Å². The van der Waals surface area contributed by atoms with Crippen molar-refractivity contribution in [3.8, 4) is 44.5 Å². The smallest absolute Gasteiger partial charge is 0.00139 e. The lowest BCUT2D eigenvalue weighted by molar-refractivity contribution is 0.886. The van der Waals surface area contributed by atoms with Gasteiger partial charge in [-0.2, -0.15) is 0 Å². The van der Waals surface area contributed by atoms with Gasteiger partial charge in [-0.25, -0.2) is 0 Å². The van der Waals surface area contributed by atoms with E-state index in [0.717, 1.165) is 33.4 Å². The lowest BCUT2D eigenvalue weighted by Crippen LogP contribution is -1.95. The molecule has 0 heterocycles. The third-order valence-corrected chi connectivity index (χ3v) is 12.2.